The molecule has 1 aromatic carbocycles. The minimum Gasteiger partial charge on any atom is -0.260 e. The smallest absolute Gasteiger partial charge is 0.243 e. The predicted molar refractivity (Wildman–Crippen MR) is 79.9 cm³/mol. The minimum atomic E-state index is -3.70. The molecule has 0 saturated carbocycles. The molecule has 0 bridgehead atoms. The third kappa shape index (κ3) is 3.29. The second kappa shape index (κ2) is 6.21. The van der Waals surface area contributed by atoms with E-state index in [2.05, 4.69) is 15.9 Å². The number of benzene rings is 1. The lowest BCUT2D eigenvalue weighted by molar-refractivity contribution is 0.350. The van der Waals surface area contributed by atoms with Crippen LogP contribution in [0.1, 0.15) is 13.3 Å². The Balaban J connectivity index is 2.37. The van der Waals surface area contributed by atoms with Crippen LogP contribution in [0.5, 0.6) is 0 Å². The zero-order valence-corrected chi connectivity index (χ0v) is 14.1. The van der Waals surface area contributed by atoms with Crippen molar-refractivity contribution >= 4 is 36.8 Å². The van der Waals surface area contributed by atoms with Gasteiger partial charge in [-0.15, -0.1) is 0 Å². The van der Waals surface area contributed by atoms with Crippen molar-refractivity contribution in [2.24, 2.45) is 0 Å². The van der Waals surface area contributed by atoms with Gasteiger partial charge < -0.3 is 0 Å². The molecule has 0 spiro atoms. The summed E-state index contributed by atoms with van der Waals surface area (Å²) < 4.78 is 51.5. The summed E-state index contributed by atoms with van der Waals surface area (Å²) in [7, 11) is -4.67. The topological polar surface area (TPSA) is 54.5 Å². The van der Waals surface area contributed by atoms with E-state index in [1.54, 1.807) is 6.92 Å². The Kier molecular flexibility index (Phi) is 4.99. The molecule has 0 N–H and O–H groups in total. The maximum atomic E-state index is 13.2. The molecule has 1 aliphatic heterocycles. The first-order valence-corrected chi connectivity index (χ1v) is 9.86. The molecule has 2 rings (SSSR count). The molecule has 112 valence electrons. The summed E-state index contributed by atoms with van der Waals surface area (Å²) in [6.45, 7) is 2.03. The Bertz CT molecular complexity index is 636. The van der Waals surface area contributed by atoms with Gasteiger partial charge in [0.05, 0.1) is 9.37 Å². The Labute approximate surface area is 129 Å². The zero-order chi connectivity index (χ0) is 14.9. The second-order valence-corrected chi connectivity index (χ2v) is 9.12. The van der Waals surface area contributed by atoms with Crippen LogP contribution in [0.2, 0.25) is 0 Å². The van der Waals surface area contributed by atoms with Crippen LogP contribution >= 0.6 is 15.9 Å². The maximum Gasteiger partial charge on any atom is 0.243 e. The first-order chi connectivity index (χ1) is 9.32. The lowest BCUT2D eigenvalue weighted by Gasteiger charge is -2.25. The van der Waals surface area contributed by atoms with Crippen LogP contribution in [0.25, 0.3) is 0 Å². The van der Waals surface area contributed by atoms with Crippen molar-refractivity contribution in [2.75, 3.05) is 18.1 Å². The fraction of sp³-hybridized carbons (Fsp3) is 0.500. The molecule has 1 aliphatic rings. The lowest BCUT2D eigenvalue weighted by Crippen LogP contribution is -2.39. The molecule has 1 aromatic rings. The molecule has 0 radical (unpaired) electrons. The Hall–Kier alpha value is -0.310. The highest BCUT2D eigenvalue weighted by molar-refractivity contribution is 9.10. The van der Waals surface area contributed by atoms with Gasteiger partial charge in [-0.25, -0.2) is 12.8 Å². The maximum absolute atomic E-state index is 13.2. The van der Waals surface area contributed by atoms with Crippen LogP contribution in [0, 0.1) is 5.82 Å². The van der Waals surface area contributed by atoms with E-state index in [1.807, 2.05) is 0 Å². The van der Waals surface area contributed by atoms with E-state index >= 15 is 0 Å². The molecule has 8 heteroatoms. The molecule has 2 atom stereocenters. The van der Waals surface area contributed by atoms with Crippen molar-refractivity contribution in [3.8, 4) is 0 Å². The van der Waals surface area contributed by atoms with Crippen molar-refractivity contribution in [3.63, 3.8) is 0 Å². The van der Waals surface area contributed by atoms with Gasteiger partial charge in [-0.2, -0.15) is 4.31 Å². The van der Waals surface area contributed by atoms with E-state index in [1.165, 1.54) is 16.4 Å². The molecule has 2 unspecified atom stereocenters. The van der Waals surface area contributed by atoms with Crippen molar-refractivity contribution in [1.82, 2.24) is 4.31 Å². The third-order valence-electron chi connectivity index (χ3n) is 3.29. The highest BCUT2D eigenvalue weighted by Crippen LogP contribution is 2.25. The van der Waals surface area contributed by atoms with Crippen LogP contribution in [0.3, 0.4) is 0 Å². The van der Waals surface area contributed by atoms with Gasteiger partial charge in [-0.05, 0) is 47.5 Å². The van der Waals surface area contributed by atoms with Crippen LogP contribution in [-0.4, -0.2) is 41.0 Å². The zero-order valence-electron chi connectivity index (χ0n) is 10.9. The van der Waals surface area contributed by atoms with Crippen LogP contribution in [-0.2, 0) is 20.8 Å². The average Bonchev–Trinajstić information content (AvgIpc) is 2.55. The summed E-state index contributed by atoms with van der Waals surface area (Å²) in [5, 5.41) is 0. The van der Waals surface area contributed by atoms with E-state index in [0.29, 0.717) is 17.9 Å². The fourth-order valence-electron chi connectivity index (χ4n) is 2.09. The quantitative estimate of drug-likeness (QED) is 0.785. The summed E-state index contributed by atoms with van der Waals surface area (Å²) in [6, 6.07) is 3.43. The number of hydrogen-bond donors (Lipinski definition) is 0. The average molecular weight is 384 g/mol. The molecule has 1 heterocycles. The predicted octanol–water partition coefficient (Wildman–Crippen LogP) is 2.12. The molecule has 20 heavy (non-hydrogen) atoms. The van der Waals surface area contributed by atoms with Gasteiger partial charge in [0.1, 0.15) is 5.82 Å². The molecule has 1 fully saturated rings. The summed E-state index contributed by atoms with van der Waals surface area (Å²) in [5.74, 6) is 0.348. The molecule has 0 amide bonds. The SMILES string of the molecule is CC1CCS(=O)CCN1S(=O)(=O)c1ccc(F)c(Br)c1. The van der Waals surface area contributed by atoms with Gasteiger partial charge >= 0.3 is 0 Å². The molecule has 0 aliphatic carbocycles. The first kappa shape index (κ1) is 16.1. The number of nitrogens with zero attached hydrogens (tertiary/aromatic N) is 1. The minimum absolute atomic E-state index is 0.0466. The van der Waals surface area contributed by atoms with Gasteiger partial charge in [-0.1, -0.05) is 0 Å². The standard InChI is InChI=1S/C12H15BrFNO3S2/c1-9-4-6-19(16)7-5-15(9)20(17,18)10-2-3-12(14)11(13)8-10/h2-3,8-9H,4-7H2,1H3. The largest absolute Gasteiger partial charge is 0.260 e. The Morgan fingerprint density at radius 2 is 2.10 bits per heavy atom. The second-order valence-electron chi connectivity index (χ2n) is 4.68. The van der Waals surface area contributed by atoms with Crippen molar-refractivity contribution < 1.29 is 17.0 Å². The van der Waals surface area contributed by atoms with Crippen LogP contribution in [0.15, 0.2) is 27.6 Å². The van der Waals surface area contributed by atoms with Gasteiger partial charge in [0.2, 0.25) is 10.0 Å². The normalized spacial score (nSPS) is 25.4. The highest BCUT2D eigenvalue weighted by Gasteiger charge is 2.31. The summed E-state index contributed by atoms with van der Waals surface area (Å²) in [4.78, 5) is 0.0466. The van der Waals surface area contributed by atoms with Gasteiger partial charge in [-0.3, -0.25) is 4.21 Å². The number of rotatable bonds is 2. The summed E-state index contributed by atoms with van der Waals surface area (Å²) in [6.07, 6.45) is 0.564. The number of halogens is 2. The highest BCUT2D eigenvalue weighted by atomic mass is 79.9. The van der Waals surface area contributed by atoms with Crippen molar-refractivity contribution in [3.05, 3.63) is 28.5 Å². The molecular weight excluding hydrogens is 369 g/mol. The third-order valence-corrected chi connectivity index (χ3v) is 7.24. The molecule has 4 nitrogen and oxygen atoms in total. The lowest BCUT2D eigenvalue weighted by atomic mass is 10.3. The van der Waals surface area contributed by atoms with E-state index < -0.39 is 26.6 Å². The van der Waals surface area contributed by atoms with E-state index in [0.717, 1.165) is 6.07 Å². The van der Waals surface area contributed by atoms with Crippen LogP contribution < -0.4 is 0 Å². The monoisotopic (exact) mass is 383 g/mol. The molecule has 1 saturated heterocycles. The van der Waals surface area contributed by atoms with Crippen LogP contribution in [0.4, 0.5) is 4.39 Å². The summed E-state index contributed by atoms with van der Waals surface area (Å²) in [5.41, 5.74) is 0. The molecular formula is C12H15BrFNO3S2. The number of hydrogen-bond acceptors (Lipinski definition) is 3. The van der Waals surface area contributed by atoms with Gasteiger partial charge in [0, 0.05) is 34.9 Å². The van der Waals surface area contributed by atoms with E-state index in [9.17, 15) is 17.0 Å². The fourth-order valence-corrected chi connectivity index (χ4v) is 5.63. The van der Waals surface area contributed by atoms with Gasteiger partial charge in [0.15, 0.2) is 0 Å². The van der Waals surface area contributed by atoms with E-state index in [-0.39, 0.29) is 22.0 Å². The van der Waals surface area contributed by atoms with Crippen molar-refractivity contribution in [1.29, 1.82) is 0 Å². The van der Waals surface area contributed by atoms with Gasteiger partial charge in [0.25, 0.3) is 0 Å². The number of sulfonamides is 1. The Morgan fingerprint density at radius 1 is 1.40 bits per heavy atom. The Morgan fingerprint density at radius 3 is 2.75 bits per heavy atom. The van der Waals surface area contributed by atoms with Crippen molar-refractivity contribution in [2.45, 2.75) is 24.3 Å². The summed E-state index contributed by atoms with van der Waals surface area (Å²) >= 11 is 3.00. The first-order valence-electron chi connectivity index (χ1n) is 6.14. The molecule has 0 aromatic heterocycles. The van der Waals surface area contributed by atoms with E-state index in [4.69, 9.17) is 0 Å².